The topological polar surface area (TPSA) is 58.4 Å². The van der Waals surface area contributed by atoms with Gasteiger partial charge in [-0.15, -0.1) is 0 Å². The predicted molar refractivity (Wildman–Crippen MR) is 42.7 cm³/mol. The van der Waals surface area contributed by atoms with Gasteiger partial charge in [-0.25, -0.2) is 10.6 Å². The molecule has 1 aliphatic rings. The highest BCUT2D eigenvalue weighted by Crippen LogP contribution is 2.21. The Labute approximate surface area is 66.7 Å². The number of nitrogens with zero attached hydrogens (tertiary/aromatic N) is 1. The van der Waals surface area contributed by atoms with Crippen LogP contribution in [0.2, 0.25) is 0 Å². The number of urea groups is 1. The van der Waals surface area contributed by atoms with Gasteiger partial charge in [0, 0.05) is 13.1 Å². The molecule has 0 heterocycles. The summed E-state index contributed by atoms with van der Waals surface area (Å²) in [4.78, 5) is 12.7. The van der Waals surface area contributed by atoms with Gasteiger partial charge in [0.25, 0.3) is 0 Å². The van der Waals surface area contributed by atoms with Crippen molar-refractivity contribution in [1.82, 2.24) is 10.3 Å². The van der Waals surface area contributed by atoms with Crippen molar-refractivity contribution in [3.63, 3.8) is 0 Å². The highest BCUT2D eigenvalue weighted by Gasteiger charge is 2.22. The number of carbonyl (C=O) groups is 1. The Morgan fingerprint density at radius 1 is 1.55 bits per heavy atom. The lowest BCUT2D eigenvalue weighted by atomic mass is 10.2. The van der Waals surface area contributed by atoms with E-state index in [1.165, 1.54) is 12.8 Å². The molecule has 1 saturated carbocycles. The van der Waals surface area contributed by atoms with Gasteiger partial charge in [0.15, 0.2) is 0 Å². The molecule has 2 amide bonds. The average molecular weight is 157 g/mol. The Bertz CT molecular complexity index is 143. The van der Waals surface area contributed by atoms with Crippen LogP contribution in [0.1, 0.15) is 25.7 Å². The Kier molecular flexibility index (Phi) is 2.70. The van der Waals surface area contributed by atoms with Crippen molar-refractivity contribution in [2.24, 2.45) is 5.84 Å². The highest BCUT2D eigenvalue weighted by molar-refractivity contribution is 5.73. The molecule has 0 atom stereocenters. The molecule has 3 N–H and O–H groups in total. The summed E-state index contributed by atoms with van der Waals surface area (Å²) in [5.41, 5.74) is 2.13. The van der Waals surface area contributed by atoms with E-state index in [1.807, 2.05) is 0 Å². The van der Waals surface area contributed by atoms with Crippen molar-refractivity contribution in [2.45, 2.75) is 31.7 Å². The van der Waals surface area contributed by atoms with Crippen LogP contribution in [0.4, 0.5) is 4.79 Å². The fourth-order valence-electron chi connectivity index (χ4n) is 1.56. The number of carbonyl (C=O) groups excluding carboxylic acids is 1. The molecule has 0 aromatic heterocycles. The van der Waals surface area contributed by atoms with Crippen LogP contribution in [0, 0.1) is 0 Å². The molecule has 0 aromatic carbocycles. The monoisotopic (exact) mass is 157 g/mol. The van der Waals surface area contributed by atoms with E-state index >= 15 is 0 Å². The van der Waals surface area contributed by atoms with E-state index in [0.717, 1.165) is 12.8 Å². The lowest BCUT2D eigenvalue weighted by Gasteiger charge is -2.23. The van der Waals surface area contributed by atoms with Crippen LogP contribution in [-0.2, 0) is 0 Å². The number of nitrogens with two attached hydrogens (primary N) is 1. The van der Waals surface area contributed by atoms with Gasteiger partial charge in [-0.3, -0.25) is 5.43 Å². The zero-order valence-electron chi connectivity index (χ0n) is 6.84. The van der Waals surface area contributed by atoms with Crippen molar-refractivity contribution in [3.8, 4) is 0 Å². The molecule has 64 valence electrons. The molecule has 11 heavy (non-hydrogen) atoms. The lowest BCUT2D eigenvalue weighted by Crippen LogP contribution is -2.45. The van der Waals surface area contributed by atoms with Crippen LogP contribution in [-0.4, -0.2) is 24.0 Å². The molecular weight excluding hydrogens is 142 g/mol. The molecule has 1 fully saturated rings. The summed E-state index contributed by atoms with van der Waals surface area (Å²) in [5, 5.41) is 0. The maximum atomic E-state index is 11.0. The first-order valence-electron chi connectivity index (χ1n) is 3.99. The number of rotatable bonds is 1. The lowest BCUT2D eigenvalue weighted by molar-refractivity contribution is 0.191. The first kappa shape index (κ1) is 8.33. The summed E-state index contributed by atoms with van der Waals surface area (Å²) in [7, 11) is 1.79. The minimum atomic E-state index is -0.183. The molecule has 4 nitrogen and oxygen atoms in total. The molecule has 0 saturated heterocycles. The summed E-state index contributed by atoms with van der Waals surface area (Å²) in [5.74, 6) is 5.00. The summed E-state index contributed by atoms with van der Waals surface area (Å²) in [6.45, 7) is 0. The van der Waals surface area contributed by atoms with Gasteiger partial charge in [0.05, 0.1) is 0 Å². The van der Waals surface area contributed by atoms with Gasteiger partial charge >= 0.3 is 6.03 Å². The standard InChI is InChI=1S/C7H15N3O/c1-10(7(11)9-8)6-4-2-3-5-6/h6H,2-5,8H2,1H3,(H,9,11). The van der Waals surface area contributed by atoms with Gasteiger partial charge in [-0.05, 0) is 12.8 Å². The second-order valence-corrected chi connectivity index (χ2v) is 3.00. The summed E-state index contributed by atoms with van der Waals surface area (Å²) < 4.78 is 0. The molecule has 0 radical (unpaired) electrons. The van der Waals surface area contributed by atoms with Crippen LogP contribution in [0.5, 0.6) is 0 Å². The van der Waals surface area contributed by atoms with E-state index in [4.69, 9.17) is 5.84 Å². The van der Waals surface area contributed by atoms with E-state index in [0.29, 0.717) is 6.04 Å². The quantitative estimate of drug-likeness (QED) is 0.330. The normalized spacial score (nSPS) is 18.4. The summed E-state index contributed by atoms with van der Waals surface area (Å²) >= 11 is 0. The van der Waals surface area contributed by atoms with Crippen molar-refractivity contribution in [1.29, 1.82) is 0 Å². The van der Waals surface area contributed by atoms with Crippen LogP contribution in [0.15, 0.2) is 0 Å². The summed E-state index contributed by atoms with van der Waals surface area (Å²) in [6.07, 6.45) is 4.69. The molecule has 1 rings (SSSR count). The predicted octanol–water partition coefficient (Wildman–Crippen LogP) is 0.444. The van der Waals surface area contributed by atoms with E-state index in [-0.39, 0.29) is 6.03 Å². The molecule has 0 bridgehead atoms. The molecule has 0 unspecified atom stereocenters. The third-order valence-corrected chi connectivity index (χ3v) is 2.32. The Morgan fingerprint density at radius 3 is 2.55 bits per heavy atom. The summed E-state index contributed by atoms with van der Waals surface area (Å²) in [6, 6.07) is 0.218. The first-order valence-corrected chi connectivity index (χ1v) is 3.99. The second-order valence-electron chi connectivity index (χ2n) is 3.00. The van der Waals surface area contributed by atoms with Crippen molar-refractivity contribution in [2.75, 3.05) is 7.05 Å². The minimum absolute atomic E-state index is 0.183. The van der Waals surface area contributed by atoms with Crippen LogP contribution in [0.25, 0.3) is 0 Å². The zero-order valence-corrected chi connectivity index (χ0v) is 6.84. The van der Waals surface area contributed by atoms with Gasteiger partial charge in [0.1, 0.15) is 0 Å². The maximum absolute atomic E-state index is 11.0. The minimum Gasteiger partial charge on any atom is -0.324 e. The van der Waals surface area contributed by atoms with Gasteiger partial charge in [0.2, 0.25) is 0 Å². The van der Waals surface area contributed by atoms with Crippen LogP contribution < -0.4 is 11.3 Å². The second kappa shape index (κ2) is 3.57. The average Bonchev–Trinajstić information content (AvgIpc) is 2.53. The van der Waals surface area contributed by atoms with E-state index < -0.39 is 0 Å². The van der Waals surface area contributed by atoms with Crippen molar-refractivity contribution < 1.29 is 4.79 Å². The third kappa shape index (κ3) is 1.83. The number of amides is 2. The number of hydrazine groups is 1. The zero-order chi connectivity index (χ0) is 8.27. The Morgan fingerprint density at radius 2 is 2.09 bits per heavy atom. The van der Waals surface area contributed by atoms with Crippen LogP contribution in [0.3, 0.4) is 0 Å². The largest absolute Gasteiger partial charge is 0.331 e. The third-order valence-electron chi connectivity index (χ3n) is 2.32. The van der Waals surface area contributed by atoms with E-state index in [9.17, 15) is 4.79 Å². The SMILES string of the molecule is CN(C(=O)NN)C1CCCC1. The molecule has 4 heteroatoms. The fraction of sp³-hybridized carbons (Fsp3) is 0.857. The van der Waals surface area contributed by atoms with E-state index in [2.05, 4.69) is 5.43 Å². The smallest absolute Gasteiger partial charge is 0.324 e. The number of nitrogens with one attached hydrogen (secondary N) is 1. The first-order chi connectivity index (χ1) is 5.25. The fourth-order valence-corrected chi connectivity index (χ4v) is 1.56. The molecule has 1 aliphatic carbocycles. The Hall–Kier alpha value is -0.770. The molecule has 0 spiro atoms. The molecule has 0 aromatic rings. The number of hydrogen-bond acceptors (Lipinski definition) is 2. The van der Waals surface area contributed by atoms with Crippen molar-refractivity contribution >= 4 is 6.03 Å². The van der Waals surface area contributed by atoms with Gasteiger partial charge in [-0.2, -0.15) is 0 Å². The van der Waals surface area contributed by atoms with Gasteiger partial charge < -0.3 is 4.90 Å². The van der Waals surface area contributed by atoms with Crippen molar-refractivity contribution in [3.05, 3.63) is 0 Å². The van der Waals surface area contributed by atoms with Gasteiger partial charge in [-0.1, -0.05) is 12.8 Å². The maximum Gasteiger partial charge on any atom is 0.331 e. The molecule has 0 aliphatic heterocycles. The van der Waals surface area contributed by atoms with Crippen LogP contribution >= 0.6 is 0 Å². The molecular formula is C7H15N3O. The number of hydrogen-bond donors (Lipinski definition) is 2. The highest BCUT2D eigenvalue weighted by atomic mass is 16.2. The Balaban J connectivity index is 2.39. The van der Waals surface area contributed by atoms with E-state index in [1.54, 1.807) is 11.9 Å².